The van der Waals surface area contributed by atoms with Crippen LogP contribution in [0.1, 0.15) is 11.1 Å². The van der Waals surface area contributed by atoms with Crippen molar-refractivity contribution in [3.8, 4) is 23.0 Å². The number of hydrogen-bond donors (Lipinski definition) is 1. The van der Waals surface area contributed by atoms with Gasteiger partial charge in [-0.1, -0.05) is 6.07 Å². The predicted molar refractivity (Wildman–Crippen MR) is 118 cm³/mol. The van der Waals surface area contributed by atoms with Gasteiger partial charge < -0.3 is 18.9 Å². The Bertz CT molecular complexity index is 1030. The standard InChI is InChI=1S/C21H21N3O5S/c1-26-15-7-5-13(9-17(15)28-3)11-19-20(25)23-21(30-19)24-22-12-14-6-8-16(27-2)18(10-14)29-4/h5-12H,1-4H3,(H,23,24,25)/b19-11-,22-12+. The second-order valence-corrected chi connectivity index (χ2v) is 6.97. The van der Waals surface area contributed by atoms with Gasteiger partial charge >= 0.3 is 0 Å². The van der Waals surface area contributed by atoms with Crippen LogP contribution in [-0.4, -0.2) is 45.7 Å². The van der Waals surface area contributed by atoms with E-state index in [2.05, 4.69) is 15.5 Å². The fourth-order valence-corrected chi connectivity index (χ4v) is 3.43. The summed E-state index contributed by atoms with van der Waals surface area (Å²) in [5, 5.41) is 11.2. The SMILES string of the molecule is COc1ccc(/C=C2\S/C(=N\N=C\c3ccc(OC)c(OC)c3)NC2=O)cc1OC. The van der Waals surface area contributed by atoms with Gasteiger partial charge in [-0.2, -0.15) is 5.10 Å². The first-order valence-corrected chi connectivity index (χ1v) is 9.65. The first-order valence-electron chi connectivity index (χ1n) is 8.84. The van der Waals surface area contributed by atoms with E-state index in [4.69, 9.17) is 18.9 Å². The number of nitrogens with one attached hydrogen (secondary N) is 1. The summed E-state index contributed by atoms with van der Waals surface area (Å²) >= 11 is 1.21. The van der Waals surface area contributed by atoms with E-state index in [1.54, 1.807) is 65.0 Å². The van der Waals surface area contributed by atoms with Crippen molar-refractivity contribution in [2.75, 3.05) is 28.4 Å². The fourth-order valence-electron chi connectivity index (χ4n) is 2.65. The summed E-state index contributed by atoms with van der Waals surface area (Å²) in [6, 6.07) is 10.8. The summed E-state index contributed by atoms with van der Waals surface area (Å²) in [5.74, 6) is 2.19. The van der Waals surface area contributed by atoms with Gasteiger partial charge in [0.25, 0.3) is 5.91 Å². The predicted octanol–water partition coefficient (Wildman–Crippen LogP) is 3.32. The van der Waals surface area contributed by atoms with Gasteiger partial charge in [-0.15, -0.1) is 5.10 Å². The summed E-state index contributed by atoms with van der Waals surface area (Å²) < 4.78 is 21.0. The van der Waals surface area contributed by atoms with Crippen molar-refractivity contribution >= 4 is 35.1 Å². The van der Waals surface area contributed by atoms with Gasteiger partial charge in [0.2, 0.25) is 0 Å². The molecule has 156 valence electrons. The van der Waals surface area contributed by atoms with Crippen LogP contribution in [0.2, 0.25) is 0 Å². The van der Waals surface area contributed by atoms with Gasteiger partial charge in [0.1, 0.15) is 0 Å². The molecule has 1 heterocycles. The van der Waals surface area contributed by atoms with E-state index < -0.39 is 0 Å². The number of carbonyl (C=O) groups is 1. The number of carbonyl (C=O) groups excluding carboxylic acids is 1. The van der Waals surface area contributed by atoms with Crippen LogP contribution in [0, 0.1) is 0 Å². The Morgan fingerprint density at radius 1 is 0.833 bits per heavy atom. The molecule has 2 aromatic carbocycles. The number of benzene rings is 2. The third-order valence-electron chi connectivity index (χ3n) is 4.12. The molecule has 1 amide bonds. The highest BCUT2D eigenvalue weighted by atomic mass is 32.2. The largest absolute Gasteiger partial charge is 0.493 e. The van der Waals surface area contributed by atoms with E-state index >= 15 is 0 Å². The Kier molecular flexibility index (Phi) is 6.97. The molecular formula is C21H21N3O5S. The zero-order valence-electron chi connectivity index (χ0n) is 17.0. The Hall–Kier alpha value is -3.46. The van der Waals surface area contributed by atoms with Gasteiger partial charge in [-0.3, -0.25) is 10.1 Å². The van der Waals surface area contributed by atoms with Crippen LogP contribution in [0.4, 0.5) is 0 Å². The van der Waals surface area contributed by atoms with Crippen LogP contribution in [0.25, 0.3) is 6.08 Å². The van der Waals surface area contributed by atoms with Crippen molar-refractivity contribution in [1.82, 2.24) is 5.32 Å². The smallest absolute Gasteiger partial charge is 0.264 e. The maximum absolute atomic E-state index is 12.2. The Balaban J connectivity index is 1.73. The second kappa shape index (κ2) is 9.84. The average molecular weight is 427 g/mol. The van der Waals surface area contributed by atoms with Crippen LogP contribution in [-0.2, 0) is 4.79 Å². The molecule has 9 heteroatoms. The molecule has 1 aliphatic heterocycles. The van der Waals surface area contributed by atoms with Crippen LogP contribution < -0.4 is 24.3 Å². The molecule has 2 aromatic rings. The zero-order chi connectivity index (χ0) is 21.5. The molecule has 1 aliphatic rings. The van der Waals surface area contributed by atoms with Crippen molar-refractivity contribution in [3.63, 3.8) is 0 Å². The maximum atomic E-state index is 12.2. The monoisotopic (exact) mass is 427 g/mol. The van der Waals surface area contributed by atoms with Crippen LogP contribution in [0.5, 0.6) is 23.0 Å². The first-order chi connectivity index (χ1) is 14.6. The molecule has 0 radical (unpaired) electrons. The minimum Gasteiger partial charge on any atom is -0.493 e. The fraction of sp³-hybridized carbons (Fsp3) is 0.190. The molecule has 0 atom stereocenters. The topological polar surface area (TPSA) is 90.7 Å². The second-order valence-electron chi connectivity index (χ2n) is 5.94. The molecule has 1 saturated heterocycles. The Labute approximate surface area is 178 Å². The lowest BCUT2D eigenvalue weighted by Gasteiger charge is -2.07. The lowest BCUT2D eigenvalue weighted by atomic mass is 10.2. The Morgan fingerprint density at radius 2 is 1.40 bits per heavy atom. The van der Waals surface area contributed by atoms with E-state index in [0.717, 1.165) is 11.1 Å². The molecule has 8 nitrogen and oxygen atoms in total. The van der Waals surface area contributed by atoms with Crippen molar-refractivity contribution in [1.29, 1.82) is 0 Å². The highest BCUT2D eigenvalue weighted by molar-refractivity contribution is 8.18. The number of amides is 1. The van der Waals surface area contributed by atoms with E-state index in [9.17, 15) is 4.79 Å². The van der Waals surface area contributed by atoms with Crippen LogP contribution >= 0.6 is 11.8 Å². The zero-order valence-corrected chi connectivity index (χ0v) is 17.8. The van der Waals surface area contributed by atoms with Crippen LogP contribution in [0.3, 0.4) is 0 Å². The number of hydrogen-bond acceptors (Lipinski definition) is 8. The highest BCUT2D eigenvalue weighted by Crippen LogP contribution is 2.31. The molecule has 0 bridgehead atoms. The van der Waals surface area contributed by atoms with Crippen molar-refractivity contribution in [2.24, 2.45) is 10.2 Å². The number of thioether (sulfide) groups is 1. The summed E-state index contributed by atoms with van der Waals surface area (Å²) in [5.41, 5.74) is 1.59. The third kappa shape index (κ3) is 4.93. The van der Waals surface area contributed by atoms with E-state index in [-0.39, 0.29) is 5.91 Å². The van der Waals surface area contributed by atoms with Crippen molar-refractivity contribution in [2.45, 2.75) is 0 Å². The molecule has 3 rings (SSSR count). The lowest BCUT2D eigenvalue weighted by Crippen LogP contribution is -2.19. The summed E-state index contributed by atoms with van der Waals surface area (Å²) in [7, 11) is 6.27. The summed E-state index contributed by atoms with van der Waals surface area (Å²) in [6.07, 6.45) is 3.32. The van der Waals surface area contributed by atoms with E-state index in [0.29, 0.717) is 33.1 Å². The average Bonchev–Trinajstić information content (AvgIpc) is 3.12. The van der Waals surface area contributed by atoms with Crippen LogP contribution in [0.15, 0.2) is 51.5 Å². The number of rotatable bonds is 7. The van der Waals surface area contributed by atoms with E-state index in [1.807, 2.05) is 12.1 Å². The molecular weight excluding hydrogens is 406 g/mol. The molecule has 0 saturated carbocycles. The molecule has 0 unspecified atom stereocenters. The number of ether oxygens (including phenoxy) is 4. The Morgan fingerprint density at radius 3 is 2.00 bits per heavy atom. The van der Waals surface area contributed by atoms with Gasteiger partial charge in [-0.25, -0.2) is 0 Å². The highest BCUT2D eigenvalue weighted by Gasteiger charge is 2.24. The number of nitrogens with zero attached hydrogens (tertiary/aromatic N) is 2. The number of methoxy groups -OCH3 is 4. The minimum atomic E-state index is -0.241. The quantitative estimate of drug-likeness (QED) is 0.414. The van der Waals surface area contributed by atoms with Gasteiger partial charge in [0.05, 0.1) is 39.6 Å². The third-order valence-corrected chi connectivity index (χ3v) is 5.02. The molecule has 0 spiro atoms. The minimum absolute atomic E-state index is 0.241. The number of amidine groups is 1. The maximum Gasteiger partial charge on any atom is 0.264 e. The first kappa shape index (κ1) is 21.3. The van der Waals surface area contributed by atoms with Gasteiger partial charge in [-0.05, 0) is 59.3 Å². The molecule has 0 aromatic heterocycles. The normalized spacial score (nSPS) is 16.2. The molecule has 1 N–H and O–H groups in total. The van der Waals surface area contributed by atoms with E-state index in [1.165, 1.54) is 11.8 Å². The van der Waals surface area contributed by atoms with Gasteiger partial charge in [0, 0.05) is 0 Å². The van der Waals surface area contributed by atoms with Crippen molar-refractivity contribution < 1.29 is 23.7 Å². The summed E-state index contributed by atoms with van der Waals surface area (Å²) in [4.78, 5) is 12.7. The summed E-state index contributed by atoms with van der Waals surface area (Å²) in [6.45, 7) is 0. The molecule has 1 fully saturated rings. The van der Waals surface area contributed by atoms with Crippen molar-refractivity contribution in [3.05, 3.63) is 52.4 Å². The molecule has 0 aliphatic carbocycles. The molecule has 30 heavy (non-hydrogen) atoms. The van der Waals surface area contributed by atoms with Gasteiger partial charge in [0.15, 0.2) is 28.2 Å². The lowest BCUT2D eigenvalue weighted by molar-refractivity contribution is -0.115.